The second-order valence-corrected chi connectivity index (χ2v) is 4.86. The number of methoxy groups -OCH3 is 1. The Labute approximate surface area is 134 Å². The summed E-state index contributed by atoms with van der Waals surface area (Å²) in [6.45, 7) is 1.70. The molecule has 3 rings (SSSR count). The highest BCUT2D eigenvalue weighted by Crippen LogP contribution is 2.32. The summed E-state index contributed by atoms with van der Waals surface area (Å²) in [6.07, 6.45) is -2.99. The molecule has 9 heteroatoms. The Hall–Kier alpha value is -2.97. The molecule has 0 atom stereocenters. The molecule has 124 valence electrons. The van der Waals surface area contributed by atoms with Gasteiger partial charge in [0.25, 0.3) is 5.89 Å². The molecule has 0 aliphatic rings. The summed E-state index contributed by atoms with van der Waals surface area (Å²) in [5.74, 6) is 0.161. The molecule has 24 heavy (non-hydrogen) atoms. The first-order valence-electron chi connectivity index (χ1n) is 6.78. The average Bonchev–Trinajstić information content (AvgIpc) is 3.03. The van der Waals surface area contributed by atoms with Crippen molar-refractivity contribution in [1.82, 2.24) is 20.1 Å². The molecule has 0 amide bonds. The Bertz CT molecular complexity index is 877. The van der Waals surface area contributed by atoms with Crippen LogP contribution in [0.2, 0.25) is 0 Å². The Morgan fingerprint density at radius 1 is 1.17 bits per heavy atom. The van der Waals surface area contributed by atoms with E-state index in [1.807, 2.05) is 0 Å². The van der Waals surface area contributed by atoms with E-state index in [0.29, 0.717) is 11.3 Å². The quantitative estimate of drug-likeness (QED) is 0.728. The van der Waals surface area contributed by atoms with Crippen LogP contribution in [-0.4, -0.2) is 27.2 Å². The highest BCUT2D eigenvalue weighted by Gasteiger charge is 2.30. The molecule has 0 aliphatic carbocycles. The number of rotatable bonds is 3. The number of halogens is 3. The molecule has 0 bridgehead atoms. The van der Waals surface area contributed by atoms with Gasteiger partial charge < -0.3 is 9.26 Å². The molecule has 2 aromatic heterocycles. The maximum atomic E-state index is 12.8. The second-order valence-electron chi connectivity index (χ2n) is 4.86. The van der Waals surface area contributed by atoms with Crippen molar-refractivity contribution in [1.29, 1.82) is 0 Å². The van der Waals surface area contributed by atoms with E-state index in [0.717, 1.165) is 12.1 Å². The van der Waals surface area contributed by atoms with Crippen molar-refractivity contribution >= 4 is 0 Å². The van der Waals surface area contributed by atoms with Crippen LogP contribution in [0.1, 0.15) is 11.3 Å². The number of aryl methyl sites for hydroxylation is 1. The lowest BCUT2D eigenvalue weighted by atomic mass is 10.1. The van der Waals surface area contributed by atoms with Crippen LogP contribution in [-0.2, 0) is 6.18 Å². The van der Waals surface area contributed by atoms with Gasteiger partial charge in [0.05, 0.1) is 23.9 Å². The van der Waals surface area contributed by atoms with Crippen molar-refractivity contribution < 1.29 is 22.4 Å². The maximum Gasteiger partial charge on any atom is 0.416 e. The van der Waals surface area contributed by atoms with Gasteiger partial charge in [-0.3, -0.25) is 0 Å². The van der Waals surface area contributed by atoms with Crippen LogP contribution < -0.4 is 4.74 Å². The van der Waals surface area contributed by atoms with E-state index in [9.17, 15) is 13.2 Å². The topological polar surface area (TPSA) is 73.9 Å². The number of hydrogen-bond donors (Lipinski definition) is 0. The fourth-order valence-electron chi connectivity index (χ4n) is 2.04. The van der Waals surface area contributed by atoms with Crippen LogP contribution >= 0.6 is 0 Å². The number of benzene rings is 1. The van der Waals surface area contributed by atoms with Gasteiger partial charge in [-0.15, -0.1) is 0 Å². The van der Waals surface area contributed by atoms with Crippen LogP contribution in [0.4, 0.5) is 13.2 Å². The predicted octanol–water partition coefficient (Wildman–Crippen LogP) is 3.53. The zero-order valence-corrected chi connectivity index (χ0v) is 12.6. The molecule has 0 fully saturated rings. The highest BCUT2D eigenvalue weighted by molar-refractivity contribution is 5.61. The molecule has 6 nitrogen and oxygen atoms in total. The summed E-state index contributed by atoms with van der Waals surface area (Å²) >= 11 is 0. The standard InChI is InChI=1S/C15H11F3N4O2/c1-8-11(7-19-14(20-8)23-2)13-21-12(22-24-13)9-4-3-5-10(6-9)15(16,17)18/h3-7H,1-2H3. The summed E-state index contributed by atoms with van der Waals surface area (Å²) in [5, 5.41) is 3.73. The molecular formula is C15H11F3N4O2. The molecule has 0 saturated heterocycles. The minimum atomic E-state index is -4.44. The molecule has 0 N–H and O–H groups in total. The van der Waals surface area contributed by atoms with Crippen LogP contribution in [0.3, 0.4) is 0 Å². The normalized spacial score (nSPS) is 11.5. The predicted molar refractivity (Wildman–Crippen MR) is 77.1 cm³/mol. The Balaban J connectivity index is 1.97. The second kappa shape index (κ2) is 5.91. The molecule has 1 aromatic carbocycles. The van der Waals surface area contributed by atoms with E-state index >= 15 is 0 Å². The van der Waals surface area contributed by atoms with Gasteiger partial charge in [-0.25, -0.2) is 4.98 Å². The first-order valence-corrected chi connectivity index (χ1v) is 6.78. The Morgan fingerprint density at radius 2 is 1.96 bits per heavy atom. The van der Waals surface area contributed by atoms with Crippen LogP contribution in [0.15, 0.2) is 35.0 Å². The third kappa shape index (κ3) is 3.05. The lowest BCUT2D eigenvalue weighted by molar-refractivity contribution is -0.137. The number of alkyl halides is 3. The van der Waals surface area contributed by atoms with Gasteiger partial charge in [-0.2, -0.15) is 23.1 Å². The first kappa shape index (κ1) is 15.9. The summed E-state index contributed by atoms with van der Waals surface area (Å²) in [4.78, 5) is 12.2. The van der Waals surface area contributed by atoms with E-state index in [2.05, 4.69) is 20.1 Å². The lowest BCUT2D eigenvalue weighted by Gasteiger charge is -2.06. The van der Waals surface area contributed by atoms with Gasteiger partial charge in [0.1, 0.15) is 0 Å². The lowest BCUT2D eigenvalue weighted by Crippen LogP contribution is -2.04. The Kier molecular flexibility index (Phi) is 3.92. The third-order valence-corrected chi connectivity index (χ3v) is 3.24. The third-order valence-electron chi connectivity index (χ3n) is 3.24. The maximum absolute atomic E-state index is 12.8. The number of hydrogen-bond acceptors (Lipinski definition) is 6. The van der Waals surface area contributed by atoms with Gasteiger partial charge in [0.15, 0.2) is 0 Å². The van der Waals surface area contributed by atoms with Crippen LogP contribution in [0, 0.1) is 6.92 Å². The van der Waals surface area contributed by atoms with Gasteiger partial charge in [-0.1, -0.05) is 17.3 Å². The van der Waals surface area contributed by atoms with E-state index < -0.39 is 11.7 Å². The van der Waals surface area contributed by atoms with Gasteiger partial charge in [0.2, 0.25) is 5.82 Å². The average molecular weight is 336 g/mol. The van der Waals surface area contributed by atoms with Crippen molar-refractivity contribution in [3.63, 3.8) is 0 Å². The van der Waals surface area contributed by atoms with E-state index in [1.165, 1.54) is 25.4 Å². The SMILES string of the molecule is COc1ncc(-c2nc(-c3cccc(C(F)(F)F)c3)no2)c(C)n1. The molecule has 0 radical (unpaired) electrons. The van der Waals surface area contributed by atoms with Gasteiger partial charge in [-0.05, 0) is 19.1 Å². The Morgan fingerprint density at radius 3 is 2.62 bits per heavy atom. The zero-order chi connectivity index (χ0) is 17.3. The zero-order valence-electron chi connectivity index (χ0n) is 12.6. The van der Waals surface area contributed by atoms with Crippen LogP contribution in [0.5, 0.6) is 6.01 Å². The monoisotopic (exact) mass is 336 g/mol. The minimum Gasteiger partial charge on any atom is -0.467 e. The van der Waals surface area contributed by atoms with Crippen molar-refractivity contribution in [2.45, 2.75) is 13.1 Å². The summed E-state index contributed by atoms with van der Waals surface area (Å²) in [5.41, 5.74) is 0.435. The van der Waals surface area contributed by atoms with Crippen molar-refractivity contribution in [3.05, 3.63) is 41.7 Å². The smallest absolute Gasteiger partial charge is 0.416 e. The number of aromatic nitrogens is 4. The van der Waals surface area contributed by atoms with E-state index in [1.54, 1.807) is 6.92 Å². The first-order chi connectivity index (χ1) is 11.4. The summed E-state index contributed by atoms with van der Waals surface area (Å²) in [6, 6.07) is 4.89. The van der Waals surface area contributed by atoms with Gasteiger partial charge in [0, 0.05) is 11.8 Å². The number of ether oxygens (including phenoxy) is 1. The molecule has 3 aromatic rings. The highest BCUT2D eigenvalue weighted by atomic mass is 19.4. The molecule has 0 saturated carbocycles. The van der Waals surface area contributed by atoms with Crippen molar-refractivity contribution in [2.24, 2.45) is 0 Å². The molecule has 0 aliphatic heterocycles. The molecule has 0 spiro atoms. The molecule has 0 unspecified atom stereocenters. The minimum absolute atomic E-state index is 0.0475. The molecule has 2 heterocycles. The van der Waals surface area contributed by atoms with E-state index in [-0.39, 0.29) is 23.3 Å². The fourth-order valence-corrected chi connectivity index (χ4v) is 2.04. The fraction of sp³-hybridized carbons (Fsp3) is 0.200. The van der Waals surface area contributed by atoms with Crippen molar-refractivity contribution in [2.75, 3.05) is 7.11 Å². The largest absolute Gasteiger partial charge is 0.467 e. The van der Waals surface area contributed by atoms with Crippen LogP contribution in [0.25, 0.3) is 22.8 Å². The summed E-state index contributed by atoms with van der Waals surface area (Å²) < 4.78 is 48.4. The van der Waals surface area contributed by atoms with Crippen molar-refractivity contribution in [3.8, 4) is 28.9 Å². The van der Waals surface area contributed by atoms with E-state index in [4.69, 9.17) is 9.26 Å². The summed E-state index contributed by atoms with van der Waals surface area (Å²) in [7, 11) is 1.44. The van der Waals surface area contributed by atoms with Gasteiger partial charge >= 0.3 is 12.2 Å². The number of nitrogens with zero attached hydrogens (tertiary/aromatic N) is 4. The molecular weight excluding hydrogens is 325 g/mol.